The minimum Gasteiger partial charge on any atom is -0.428 e. The zero-order chi connectivity index (χ0) is 49.3. The number of hydrogen-bond donors (Lipinski definition) is 0. The van der Waals surface area contributed by atoms with Crippen molar-refractivity contribution >= 4 is 57.3 Å². The Morgan fingerprint density at radius 1 is 0.470 bits per heavy atom. The molecular weight excluding hydrogens is 953 g/mol. The number of nitrogens with zero attached hydrogens (tertiary/aromatic N) is 20. The van der Waals surface area contributed by atoms with E-state index in [1.54, 1.807) is 75.3 Å². The highest BCUT2D eigenvalue weighted by molar-refractivity contribution is 7.11. The van der Waals surface area contributed by atoms with Crippen LogP contribution >= 0.6 is 57.3 Å². The van der Waals surface area contributed by atoms with Crippen LogP contribution in [0.2, 0.25) is 0 Å². The quantitative estimate of drug-likeness (QED) is 0.139. The lowest BCUT2D eigenvalue weighted by atomic mass is 10.4. The summed E-state index contributed by atoms with van der Waals surface area (Å²) >= 11 is 7.48. The van der Waals surface area contributed by atoms with Crippen molar-refractivity contribution in [3.63, 3.8) is 0 Å². The normalized spacial score (nSPS) is 9.21. The molecule has 0 saturated carbocycles. The van der Waals surface area contributed by atoms with E-state index in [-0.39, 0.29) is 0 Å². The minimum absolute atomic E-state index is 0.606. The standard InChI is InChI=1S/3C4H6N2O.3C4H6N2S.2C3H4N2O.2C3H4N2S/c1-3-5-6-4(2)7-3;1-3-5-4(2)7-6-3;1-3-4(2)6-7-5-3;1-3-5-6-4(2)7-3;2*1-3-5-4(2)7-6-3;1-3-5-4-2-6-3;1-3-2-4-6-5-3;1-3-5-4-2-6-3;1-3-4-2-5-6-3/h6*1-2H3;4*2H,1H3. The third-order valence-corrected chi connectivity index (χ3v) is 9.27. The third-order valence-electron chi connectivity index (χ3n) is 5.90. The molecule has 10 aromatic rings. The van der Waals surface area contributed by atoms with Crippen LogP contribution < -0.4 is 0 Å². The molecule has 0 aromatic carbocycles. The predicted molar refractivity (Wildman–Crippen MR) is 247 cm³/mol. The van der Waals surface area contributed by atoms with Crippen molar-refractivity contribution in [2.24, 2.45) is 0 Å². The first-order valence-corrected chi connectivity index (χ1v) is 22.9. The van der Waals surface area contributed by atoms with E-state index in [1.807, 2.05) is 76.2 Å². The van der Waals surface area contributed by atoms with E-state index in [0.717, 1.165) is 58.8 Å². The molecule has 0 amide bonds. The molecule has 0 aliphatic rings. The van der Waals surface area contributed by atoms with E-state index < -0.39 is 0 Å². The monoisotopic (exact) mass is 1000 g/mol. The summed E-state index contributed by atoms with van der Waals surface area (Å²) < 4.78 is 34.3. The second-order valence-electron chi connectivity index (χ2n) is 12.1. The molecule has 0 aliphatic carbocycles. The van der Waals surface area contributed by atoms with Gasteiger partial charge >= 0.3 is 0 Å². The third kappa shape index (κ3) is 31.4. The topological polar surface area (TPSA) is 323 Å². The summed E-state index contributed by atoms with van der Waals surface area (Å²) in [6.45, 7) is 29.8. The second-order valence-corrected chi connectivity index (χ2v) is 17.4. The lowest BCUT2D eigenvalue weighted by molar-refractivity contribution is 0.302. The Morgan fingerprint density at radius 3 is 1.20 bits per heavy atom. The smallest absolute Gasteiger partial charge is 0.223 e. The summed E-state index contributed by atoms with van der Waals surface area (Å²) in [5.41, 5.74) is 4.25. The van der Waals surface area contributed by atoms with E-state index in [1.165, 1.54) is 41.0 Å². The molecule has 0 bridgehead atoms. The lowest BCUT2D eigenvalue weighted by Gasteiger charge is -1.71. The van der Waals surface area contributed by atoms with Gasteiger partial charge in [-0.15, -0.1) is 63.5 Å². The molecule has 0 radical (unpaired) electrons. The van der Waals surface area contributed by atoms with Crippen molar-refractivity contribution in [2.75, 3.05) is 0 Å². The van der Waals surface area contributed by atoms with Crippen LogP contribution in [0.4, 0.5) is 0 Å². The number of hydrogen-bond acceptors (Lipinski definition) is 30. The highest BCUT2D eigenvalue weighted by Crippen LogP contribution is 2.04. The van der Waals surface area contributed by atoms with Crippen LogP contribution in [0.3, 0.4) is 0 Å². The van der Waals surface area contributed by atoms with Crippen LogP contribution in [0, 0.1) is 111 Å². The Balaban J connectivity index is 0.000000367. The summed E-state index contributed by atoms with van der Waals surface area (Å²) in [5, 5.41) is 52.5. The van der Waals surface area contributed by atoms with Gasteiger partial charge in [-0.2, -0.15) is 18.1 Å². The van der Waals surface area contributed by atoms with Crippen molar-refractivity contribution in [1.82, 2.24) is 99.6 Å². The number of aromatic nitrogens is 20. The molecule has 10 rings (SSSR count). The zero-order valence-corrected chi connectivity index (χ0v) is 43.4. The van der Waals surface area contributed by atoms with E-state index in [2.05, 4.69) is 118 Å². The maximum atomic E-state index is 4.86. The summed E-state index contributed by atoms with van der Waals surface area (Å²) in [6.07, 6.45) is 4.41. The van der Waals surface area contributed by atoms with E-state index in [4.69, 9.17) is 4.42 Å². The molecule has 0 fully saturated rings. The fourth-order valence-corrected chi connectivity index (χ4v) is 5.39. The molecule has 0 N–H and O–H groups in total. The second kappa shape index (κ2) is 33.9. The van der Waals surface area contributed by atoms with Crippen molar-refractivity contribution in [3.8, 4) is 0 Å². The van der Waals surface area contributed by atoms with Gasteiger partial charge in [0.15, 0.2) is 5.82 Å². The molecule has 66 heavy (non-hydrogen) atoms. The highest BCUT2D eigenvalue weighted by Gasteiger charge is 1.94. The molecule has 30 heteroatoms. The van der Waals surface area contributed by atoms with Crippen LogP contribution in [-0.4, -0.2) is 99.6 Å². The molecule has 0 aliphatic heterocycles. The summed E-state index contributed by atoms with van der Waals surface area (Å²) in [4.78, 5) is 15.7. The van der Waals surface area contributed by atoms with Gasteiger partial charge < -0.3 is 13.4 Å². The Labute approximate surface area is 400 Å². The zero-order valence-electron chi connectivity index (χ0n) is 39.3. The molecule has 356 valence electrons. The first-order chi connectivity index (χ1) is 31.3. The average molecular weight is 1010 g/mol. The number of rotatable bonds is 0. The van der Waals surface area contributed by atoms with Crippen molar-refractivity contribution in [2.45, 2.75) is 111 Å². The van der Waals surface area contributed by atoms with Crippen LogP contribution in [0.15, 0.2) is 47.0 Å². The first-order valence-electron chi connectivity index (χ1n) is 18.9. The molecule has 10 aromatic heterocycles. The van der Waals surface area contributed by atoms with Crippen LogP contribution in [0.5, 0.6) is 0 Å². The van der Waals surface area contributed by atoms with Crippen molar-refractivity contribution < 1.29 is 22.6 Å². The van der Waals surface area contributed by atoms with Gasteiger partial charge in [-0.1, -0.05) is 25.8 Å². The summed E-state index contributed by atoms with van der Waals surface area (Å²) in [6, 6.07) is 0. The van der Waals surface area contributed by atoms with Crippen LogP contribution in [0.25, 0.3) is 0 Å². The fraction of sp³-hybridized carbons (Fsp3) is 0.444. The number of aryl methyl sites for hydroxylation is 16. The Hall–Kier alpha value is -6.50. The van der Waals surface area contributed by atoms with Crippen molar-refractivity contribution in [3.05, 3.63) is 113 Å². The molecule has 0 saturated heterocycles. The van der Waals surface area contributed by atoms with Crippen molar-refractivity contribution in [1.29, 1.82) is 0 Å². The average Bonchev–Trinajstić information content (AvgIpc) is 4.07. The van der Waals surface area contributed by atoms with Crippen LogP contribution in [0.1, 0.15) is 88.2 Å². The Bertz CT molecular complexity index is 2150. The molecule has 10 heterocycles. The fourth-order valence-electron chi connectivity index (χ4n) is 3.16. The van der Waals surface area contributed by atoms with Gasteiger partial charge in [-0.25, -0.2) is 24.2 Å². The summed E-state index contributed by atoms with van der Waals surface area (Å²) in [7, 11) is 0. The first kappa shape index (κ1) is 57.5. The van der Waals surface area contributed by atoms with Gasteiger partial charge in [-0.3, -0.25) is 0 Å². The maximum Gasteiger partial charge on any atom is 0.223 e. The molecule has 0 atom stereocenters. The van der Waals surface area contributed by atoms with Gasteiger partial charge in [0.25, 0.3) is 0 Å². The van der Waals surface area contributed by atoms with E-state index >= 15 is 0 Å². The molecule has 0 unspecified atom stereocenters. The largest absolute Gasteiger partial charge is 0.428 e. The SMILES string of the molecule is Cc1cnon1.Cc1ncns1.Cc1nnc(C)o1.Cc1nnc(C)s1.Cc1nnco1.Cc1nncs1.Cc1noc(C)n1.Cc1nonc1C.Cc1nsc(C)n1.Cc1nsc(C)n1. The maximum absolute atomic E-state index is 4.86. The van der Waals surface area contributed by atoms with Gasteiger partial charge in [0, 0.05) is 27.7 Å². The van der Waals surface area contributed by atoms with E-state index in [9.17, 15) is 0 Å². The van der Waals surface area contributed by atoms with Gasteiger partial charge in [-0.05, 0) is 118 Å². The van der Waals surface area contributed by atoms with Gasteiger partial charge in [0.1, 0.15) is 70.6 Å². The van der Waals surface area contributed by atoms with E-state index in [0.29, 0.717) is 29.4 Å². The Kier molecular flexibility index (Phi) is 29.6. The molecule has 0 spiro atoms. The molecule has 25 nitrogen and oxygen atoms in total. The highest BCUT2D eigenvalue weighted by atomic mass is 32.1. The van der Waals surface area contributed by atoms with Gasteiger partial charge in [0.05, 0.1) is 6.20 Å². The predicted octanol–water partition coefficient (Wildman–Crippen LogP) is 7.97. The van der Waals surface area contributed by atoms with Gasteiger partial charge in [0.2, 0.25) is 30.0 Å². The van der Waals surface area contributed by atoms with Crippen LogP contribution in [-0.2, 0) is 0 Å². The lowest BCUT2D eigenvalue weighted by Crippen LogP contribution is -1.71. The molecular formula is C36H52N20O5S5. The Morgan fingerprint density at radius 2 is 1.06 bits per heavy atom. The summed E-state index contributed by atoms with van der Waals surface area (Å²) in [5.74, 6) is 4.92. The minimum atomic E-state index is 0.606.